The van der Waals surface area contributed by atoms with Crippen LogP contribution in [-0.4, -0.2) is 26.0 Å². The highest BCUT2D eigenvalue weighted by molar-refractivity contribution is 5.73. The summed E-state index contributed by atoms with van der Waals surface area (Å²) in [5.74, 6) is 10.6. The Hall–Kier alpha value is -1.45. The third-order valence-corrected chi connectivity index (χ3v) is 0.930. The summed E-state index contributed by atoms with van der Waals surface area (Å²) < 4.78 is 0. The maximum absolute atomic E-state index is 10.4. The molecule has 1 amide bonds. The van der Waals surface area contributed by atoms with Gasteiger partial charge in [-0.15, -0.1) is 0 Å². The van der Waals surface area contributed by atoms with E-state index in [1.807, 2.05) is 7.05 Å². The molecular weight excluding hydrogens is 152 g/mol. The Kier molecular flexibility index (Phi) is 6.73. The Balaban J connectivity index is 3.48. The molecule has 3 nitrogen and oxygen atoms in total. The van der Waals surface area contributed by atoms with Gasteiger partial charge >= 0.3 is 0 Å². The SMILES string of the molecule is CNCC#CC#CCNC(C)=O. The van der Waals surface area contributed by atoms with Crippen LogP contribution in [0.2, 0.25) is 0 Å². The molecule has 64 valence electrons. The average Bonchev–Trinajstić information content (AvgIpc) is 2.02. The van der Waals surface area contributed by atoms with E-state index in [1.54, 1.807) is 0 Å². The fourth-order valence-electron chi connectivity index (χ4n) is 0.434. The van der Waals surface area contributed by atoms with Crippen LogP contribution in [-0.2, 0) is 4.79 Å². The molecule has 0 atom stereocenters. The second-order valence-electron chi connectivity index (χ2n) is 2.04. The van der Waals surface area contributed by atoms with Crippen LogP contribution in [0.4, 0.5) is 0 Å². The van der Waals surface area contributed by atoms with Gasteiger partial charge in [0.2, 0.25) is 5.91 Å². The van der Waals surface area contributed by atoms with Crippen LogP contribution in [0.5, 0.6) is 0 Å². The number of hydrogen-bond acceptors (Lipinski definition) is 2. The van der Waals surface area contributed by atoms with Crippen molar-refractivity contribution in [3.8, 4) is 23.7 Å². The highest BCUT2D eigenvalue weighted by atomic mass is 16.1. The molecule has 0 aromatic heterocycles. The molecule has 0 rings (SSSR count). The molecule has 0 heterocycles. The average molecular weight is 164 g/mol. The number of nitrogens with one attached hydrogen (secondary N) is 2. The number of rotatable bonds is 2. The van der Waals surface area contributed by atoms with Crippen LogP contribution in [0.1, 0.15) is 6.92 Å². The minimum atomic E-state index is -0.0764. The highest BCUT2D eigenvalue weighted by Gasteiger charge is 1.82. The number of carbonyl (C=O) groups is 1. The molecule has 0 radical (unpaired) electrons. The number of carbonyl (C=O) groups excluding carboxylic acids is 1. The van der Waals surface area contributed by atoms with Gasteiger partial charge in [-0.3, -0.25) is 4.79 Å². The van der Waals surface area contributed by atoms with Crippen molar-refractivity contribution < 1.29 is 4.79 Å². The Bertz CT molecular complexity index is 249. The smallest absolute Gasteiger partial charge is 0.217 e. The zero-order valence-electron chi connectivity index (χ0n) is 7.32. The second-order valence-corrected chi connectivity index (χ2v) is 2.04. The maximum Gasteiger partial charge on any atom is 0.217 e. The Morgan fingerprint density at radius 2 is 1.83 bits per heavy atom. The van der Waals surface area contributed by atoms with E-state index in [0.29, 0.717) is 13.1 Å². The van der Waals surface area contributed by atoms with Gasteiger partial charge in [0.05, 0.1) is 13.1 Å². The van der Waals surface area contributed by atoms with Crippen LogP contribution in [0.25, 0.3) is 0 Å². The summed E-state index contributed by atoms with van der Waals surface area (Å²) in [5.41, 5.74) is 0. The molecular formula is C9H12N2O. The third kappa shape index (κ3) is 8.55. The first-order valence-electron chi connectivity index (χ1n) is 3.62. The Morgan fingerprint density at radius 1 is 1.25 bits per heavy atom. The quantitative estimate of drug-likeness (QED) is 0.532. The van der Waals surface area contributed by atoms with Gasteiger partial charge in [0, 0.05) is 6.92 Å². The molecule has 0 spiro atoms. The summed E-state index contributed by atoms with van der Waals surface area (Å²) in [4.78, 5) is 10.4. The highest BCUT2D eigenvalue weighted by Crippen LogP contribution is 1.59. The molecule has 0 aromatic carbocycles. The van der Waals surface area contributed by atoms with E-state index < -0.39 is 0 Å². The predicted octanol–water partition coefficient (Wildman–Crippen LogP) is -0.651. The summed E-state index contributed by atoms with van der Waals surface area (Å²) in [7, 11) is 1.82. The lowest BCUT2D eigenvalue weighted by Crippen LogP contribution is -2.19. The first-order valence-corrected chi connectivity index (χ1v) is 3.62. The summed E-state index contributed by atoms with van der Waals surface area (Å²) >= 11 is 0. The summed E-state index contributed by atoms with van der Waals surface area (Å²) in [6.07, 6.45) is 0. The molecule has 0 fully saturated rings. The molecule has 0 saturated carbocycles. The number of hydrogen-bond donors (Lipinski definition) is 2. The van der Waals surface area contributed by atoms with Crippen LogP contribution >= 0.6 is 0 Å². The molecule has 0 aliphatic carbocycles. The van der Waals surface area contributed by atoms with Crippen LogP contribution < -0.4 is 10.6 Å². The first kappa shape index (κ1) is 10.6. The van der Waals surface area contributed by atoms with Gasteiger partial charge in [-0.1, -0.05) is 11.8 Å². The fraction of sp³-hybridized carbons (Fsp3) is 0.444. The van der Waals surface area contributed by atoms with E-state index in [4.69, 9.17) is 0 Å². The van der Waals surface area contributed by atoms with Gasteiger partial charge in [-0.25, -0.2) is 0 Å². The number of amides is 1. The zero-order chi connectivity index (χ0) is 9.23. The van der Waals surface area contributed by atoms with E-state index in [-0.39, 0.29) is 5.91 Å². The molecule has 0 aliphatic rings. The fourth-order valence-corrected chi connectivity index (χ4v) is 0.434. The van der Waals surface area contributed by atoms with E-state index in [9.17, 15) is 4.79 Å². The van der Waals surface area contributed by atoms with Crippen molar-refractivity contribution in [2.24, 2.45) is 0 Å². The van der Waals surface area contributed by atoms with Crippen molar-refractivity contribution in [2.75, 3.05) is 20.1 Å². The molecule has 0 saturated heterocycles. The van der Waals surface area contributed by atoms with Crippen LogP contribution in [0, 0.1) is 23.7 Å². The Labute approximate surface area is 72.9 Å². The standard InChI is InChI=1S/C9H12N2O/c1-9(12)11-8-6-4-3-5-7-10-2/h10H,7-8H2,1-2H3,(H,11,12). The predicted molar refractivity (Wildman–Crippen MR) is 48.2 cm³/mol. The molecule has 12 heavy (non-hydrogen) atoms. The topological polar surface area (TPSA) is 41.1 Å². The minimum Gasteiger partial charge on any atom is -0.345 e. The first-order chi connectivity index (χ1) is 5.77. The van der Waals surface area contributed by atoms with Gasteiger partial charge < -0.3 is 10.6 Å². The maximum atomic E-state index is 10.4. The molecule has 0 aliphatic heterocycles. The lowest BCUT2D eigenvalue weighted by atomic mass is 10.5. The Morgan fingerprint density at radius 3 is 2.33 bits per heavy atom. The molecule has 0 aromatic rings. The summed E-state index contributed by atoms with van der Waals surface area (Å²) in [6.45, 7) is 2.45. The summed E-state index contributed by atoms with van der Waals surface area (Å²) in [5, 5.41) is 5.41. The van der Waals surface area contributed by atoms with Gasteiger partial charge in [0.15, 0.2) is 0 Å². The van der Waals surface area contributed by atoms with E-state index in [1.165, 1.54) is 6.92 Å². The molecule has 0 unspecified atom stereocenters. The van der Waals surface area contributed by atoms with E-state index in [2.05, 4.69) is 34.3 Å². The normalized spacial score (nSPS) is 7.17. The minimum absolute atomic E-state index is 0.0764. The lowest BCUT2D eigenvalue weighted by Gasteiger charge is -1.89. The van der Waals surface area contributed by atoms with Crippen molar-refractivity contribution in [3.05, 3.63) is 0 Å². The van der Waals surface area contributed by atoms with Crippen molar-refractivity contribution in [3.63, 3.8) is 0 Å². The van der Waals surface area contributed by atoms with Crippen molar-refractivity contribution in [1.82, 2.24) is 10.6 Å². The lowest BCUT2D eigenvalue weighted by molar-refractivity contribution is -0.118. The summed E-state index contributed by atoms with van der Waals surface area (Å²) in [6, 6.07) is 0. The van der Waals surface area contributed by atoms with Gasteiger partial charge in [0.25, 0.3) is 0 Å². The monoisotopic (exact) mass is 164 g/mol. The zero-order valence-corrected chi connectivity index (χ0v) is 7.32. The van der Waals surface area contributed by atoms with Crippen LogP contribution in [0.15, 0.2) is 0 Å². The van der Waals surface area contributed by atoms with E-state index >= 15 is 0 Å². The second kappa shape index (κ2) is 7.65. The van der Waals surface area contributed by atoms with Gasteiger partial charge in [-0.05, 0) is 18.9 Å². The van der Waals surface area contributed by atoms with E-state index in [0.717, 1.165) is 0 Å². The van der Waals surface area contributed by atoms with Gasteiger partial charge in [-0.2, -0.15) is 0 Å². The van der Waals surface area contributed by atoms with Crippen molar-refractivity contribution in [2.45, 2.75) is 6.92 Å². The van der Waals surface area contributed by atoms with Crippen molar-refractivity contribution in [1.29, 1.82) is 0 Å². The van der Waals surface area contributed by atoms with Crippen molar-refractivity contribution >= 4 is 5.91 Å². The van der Waals surface area contributed by atoms with Gasteiger partial charge in [0.1, 0.15) is 0 Å². The third-order valence-electron chi connectivity index (χ3n) is 0.930. The molecule has 0 bridgehead atoms. The molecule has 3 heteroatoms. The molecule has 2 N–H and O–H groups in total. The largest absolute Gasteiger partial charge is 0.345 e. The van der Waals surface area contributed by atoms with Crippen LogP contribution in [0.3, 0.4) is 0 Å².